The van der Waals surface area contributed by atoms with Crippen LogP contribution >= 0.6 is 11.6 Å². The van der Waals surface area contributed by atoms with Crippen molar-refractivity contribution in [1.29, 1.82) is 0 Å². The predicted molar refractivity (Wildman–Crippen MR) is 81.8 cm³/mol. The largest absolute Gasteiger partial charge is 0.496 e. The summed E-state index contributed by atoms with van der Waals surface area (Å²) in [7, 11) is 3.34. The molecular formula is C16H18ClNO3. The van der Waals surface area contributed by atoms with Gasteiger partial charge in [-0.15, -0.1) is 11.6 Å². The van der Waals surface area contributed by atoms with E-state index in [1.165, 1.54) is 0 Å². The maximum atomic E-state index is 12.4. The van der Waals surface area contributed by atoms with Gasteiger partial charge in [0, 0.05) is 24.7 Å². The van der Waals surface area contributed by atoms with Crippen LogP contribution in [0.15, 0.2) is 34.7 Å². The van der Waals surface area contributed by atoms with Crippen LogP contribution in [0.3, 0.4) is 0 Å². The van der Waals surface area contributed by atoms with Crippen molar-refractivity contribution in [2.24, 2.45) is 0 Å². The van der Waals surface area contributed by atoms with Gasteiger partial charge in [-0.1, -0.05) is 18.2 Å². The van der Waals surface area contributed by atoms with Gasteiger partial charge in [0.15, 0.2) is 5.76 Å². The Labute approximate surface area is 129 Å². The molecule has 5 heteroatoms. The van der Waals surface area contributed by atoms with E-state index < -0.39 is 0 Å². The Balaban J connectivity index is 2.15. The number of ether oxygens (including phenoxy) is 1. The molecule has 1 aromatic heterocycles. The lowest BCUT2D eigenvalue weighted by Crippen LogP contribution is -2.26. The zero-order chi connectivity index (χ0) is 15.4. The lowest BCUT2D eigenvalue weighted by Gasteiger charge is -2.17. The lowest BCUT2D eigenvalue weighted by atomic mass is 10.2. The molecule has 0 N–H and O–H groups in total. The van der Waals surface area contributed by atoms with Gasteiger partial charge in [0.2, 0.25) is 0 Å². The third-order valence-electron chi connectivity index (χ3n) is 3.32. The highest BCUT2D eigenvalue weighted by Gasteiger charge is 2.19. The standard InChI is InChI=1S/C16H18ClNO3/c1-11-13(9-17)8-15(21-11)16(19)18(2)10-12-6-4-5-7-14(12)20-3/h4-8H,9-10H2,1-3H3. The molecule has 0 aliphatic carbocycles. The highest BCUT2D eigenvalue weighted by Crippen LogP contribution is 2.21. The average Bonchev–Trinajstić information content (AvgIpc) is 2.88. The summed E-state index contributed by atoms with van der Waals surface area (Å²) in [4.78, 5) is 14.0. The number of para-hydroxylation sites is 1. The molecule has 0 fully saturated rings. The summed E-state index contributed by atoms with van der Waals surface area (Å²) in [5.41, 5.74) is 1.78. The van der Waals surface area contributed by atoms with Gasteiger partial charge in [-0.25, -0.2) is 0 Å². The molecule has 1 heterocycles. The molecule has 4 nitrogen and oxygen atoms in total. The van der Waals surface area contributed by atoms with Crippen LogP contribution in [0.5, 0.6) is 5.75 Å². The summed E-state index contributed by atoms with van der Waals surface area (Å²) in [5, 5.41) is 0. The van der Waals surface area contributed by atoms with Crippen molar-refractivity contribution in [3.63, 3.8) is 0 Å². The van der Waals surface area contributed by atoms with Crippen LogP contribution in [-0.4, -0.2) is 25.0 Å². The lowest BCUT2D eigenvalue weighted by molar-refractivity contribution is 0.0751. The van der Waals surface area contributed by atoms with Crippen LogP contribution in [0.4, 0.5) is 0 Å². The number of nitrogens with zero attached hydrogens (tertiary/aromatic N) is 1. The fraction of sp³-hybridized carbons (Fsp3) is 0.312. The van der Waals surface area contributed by atoms with E-state index in [0.717, 1.165) is 16.9 Å². The fourth-order valence-electron chi connectivity index (χ4n) is 2.11. The zero-order valence-electron chi connectivity index (χ0n) is 12.4. The van der Waals surface area contributed by atoms with Crippen molar-refractivity contribution < 1.29 is 13.9 Å². The van der Waals surface area contributed by atoms with Crippen molar-refractivity contribution in [1.82, 2.24) is 4.90 Å². The number of methoxy groups -OCH3 is 1. The summed E-state index contributed by atoms with van der Waals surface area (Å²) < 4.78 is 10.8. The summed E-state index contributed by atoms with van der Waals surface area (Å²) >= 11 is 5.80. The number of alkyl halides is 1. The molecule has 0 saturated heterocycles. The van der Waals surface area contributed by atoms with E-state index in [-0.39, 0.29) is 5.91 Å². The monoisotopic (exact) mass is 307 g/mol. The van der Waals surface area contributed by atoms with Crippen LogP contribution in [0.25, 0.3) is 0 Å². The van der Waals surface area contributed by atoms with Crippen LogP contribution in [0.2, 0.25) is 0 Å². The highest BCUT2D eigenvalue weighted by atomic mass is 35.5. The predicted octanol–water partition coefficient (Wildman–Crippen LogP) is 3.61. The molecule has 1 amide bonds. The summed E-state index contributed by atoms with van der Waals surface area (Å²) in [6.45, 7) is 2.24. The molecule has 2 rings (SSSR count). The molecule has 1 aromatic carbocycles. The third kappa shape index (κ3) is 3.39. The number of hydrogen-bond acceptors (Lipinski definition) is 3. The molecule has 0 atom stereocenters. The van der Waals surface area contributed by atoms with E-state index in [2.05, 4.69) is 0 Å². The van der Waals surface area contributed by atoms with Crippen LogP contribution in [-0.2, 0) is 12.4 Å². The second kappa shape index (κ2) is 6.68. The number of hydrogen-bond donors (Lipinski definition) is 0. The third-order valence-corrected chi connectivity index (χ3v) is 3.61. The van der Waals surface area contributed by atoms with Gasteiger partial charge in [-0.3, -0.25) is 4.79 Å². The van der Waals surface area contributed by atoms with Crippen LogP contribution in [0, 0.1) is 6.92 Å². The highest BCUT2D eigenvalue weighted by molar-refractivity contribution is 6.17. The molecule has 0 aliphatic heterocycles. The van der Waals surface area contributed by atoms with Crippen molar-refractivity contribution in [2.45, 2.75) is 19.3 Å². The second-order valence-corrected chi connectivity index (χ2v) is 5.07. The SMILES string of the molecule is COc1ccccc1CN(C)C(=O)c1cc(CCl)c(C)o1. The molecule has 21 heavy (non-hydrogen) atoms. The van der Waals surface area contributed by atoms with Crippen LogP contribution < -0.4 is 4.74 Å². The molecule has 0 spiro atoms. The van der Waals surface area contributed by atoms with Crippen molar-refractivity contribution >= 4 is 17.5 Å². The van der Waals surface area contributed by atoms with E-state index in [9.17, 15) is 4.79 Å². The van der Waals surface area contributed by atoms with E-state index in [1.807, 2.05) is 24.3 Å². The number of benzene rings is 1. The number of carbonyl (C=O) groups excluding carboxylic acids is 1. The molecule has 0 unspecified atom stereocenters. The smallest absolute Gasteiger partial charge is 0.289 e. The second-order valence-electron chi connectivity index (χ2n) is 4.80. The summed E-state index contributed by atoms with van der Waals surface area (Å²) in [6.07, 6.45) is 0. The van der Waals surface area contributed by atoms with Crippen molar-refractivity contribution in [2.75, 3.05) is 14.2 Å². The van der Waals surface area contributed by atoms with Crippen molar-refractivity contribution in [3.05, 3.63) is 53.0 Å². The Morgan fingerprint density at radius 2 is 2.05 bits per heavy atom. The Hall–Kier alpha value is -1.94. The van der Waals surface area contributed by atoms with E-state index >= 15 is 0 Å². The minimum atomic E-state index is -0.180. The Morgan fingerprint density at radius 3 is 2.67 bits per heavy atom. The maximum absolute atomic E-state index is 12.4. The van der Waals surface area contributed by atoms with Crippen molar-refractivity contribution in [3.8, 4) is 5.75 Å². The van der Waals surface area contributed by atoms with E-state index in [1.54, 1.807) is 32.0 Å². The number of furan rings is 1. The minimum absolute atomic E-state index is 0.180. The van der Waals surface area contributed by atoms with Gasteiger partial charge in [0.25, 0.3) is 5.91 Å². The number of aryl methyl sites for hydroxylation is 1. The first-order chi connectivity index (χ1) is 10.1. The van der Waals surface area contributed by atoms with Gasteiger partial charge in [-0.05, 0) is 19.1 Å². The van der Waals surface area contributed by atoms with E-state index in [0.29, 0.717) is 23.9 Å². The molecule has 2 aromatic rings. The molecule has 0 saturated carbocycles. The molecule has 0 aliphatic rings. The number of rotatable bonds is 5. The summed E-state index contributed by atoms with van der Waals surface area (Å²) in [5.74, 6) is 1.90. The first-order valence-electron chi connectivity index (χ1n) is 6.59. The van der Waals surface area contributed by atoms with E-state index in [4.69, 9.17) is 20.8 Å². The molecule has 0 bridgehead atoms. The zero-order valence-corrected chi connectivity index (χ0v) is 13.1. The van der Waals surface area contributed by atoms with Gasteiger partial charge in [0.05, 0.1) is 13.0 Å². The first-order valence-corrected chi connectivity index (χ1v) is 7.13. The topological polar surface area (TPSA) is 42.7 Å². The van der Waals surface area contributed by atoms with Gasteiger partial charge in [0.1, 0.15) is 11.5 Å². The number of carbonyl (C=O) groups is 1. The maximum Gasteiger partial charge on any atom is 0.289 e. The minimum Gasteiger partial charge on any atom is -0.496 e. The summed E-state index contributed by atoms with van der Waals surface area (Å²) in [6, 6.07) is 9.31. The molecule has 0 radical (unpaired) electrons. The normalized spacial score (nSPS) is 10.5. The quantitative estimate of drug-likeness (QED) is 0.793. The number of amides is 1. The first kappa shape index (κ1) is 15.4. The number of halogens is 1. The van der Waals surface area contributed by atoms with Gasteiger partial charge in [-0.2, -0.15) is 0 Å². The molecular weight excluding hydrogens is 290 g/mol. The molecule has 112 valence electrons. The Morgan fingerprint density at radius 1 is 1.33 bits per heavy atom. The van der Waals surface area contributed by atoms with Crippen LogP contribution in [0.1, 0.15) is 27.4 Å². The average molecular weight is 308 g/mol. The van der Waals surface area contributed by atoms with Gasteiger partial charge < -0.3 is 14.1 Å². The Kier molecular flexibility index (Phi) is 4.91. The Bertz CT molecular complexity index is 636. The van der Waals surface area contributed by atoms with Gasteiger partial charge >= 0.3 is 0 Å². The fourth-order valence-corrected chi connectivity index (χ4v) is 2.37.